The fourth-order valence-corrected chi connectivity index (χ4v) is 1.45. The largest absolute Gasteiger partial charge is 0.485 e. The maximum Gasteiger partial charge on any atom is 0.287 e. The van der Waals surface area contributed by atoms with Gasteiger partial charge in [-0.2, -0.15) is 0 Å². The fraction of sp³-hybridized carbons (Fsp3) is 0.0909. The van der Waals surface area contributed by atoms with Gasteiger partial charge in [0.05, 0.1) is 5.02 Å². The van der Waals surface area contributed by atoms with E-state index in [1.807, 2.05) is 5.43 Å². The SMILES string of the molecule is NNC(=O)c1cc(COc2ccc(F)c(Cl)c2)on1. The first-order valence-corrected chi connectivity index (χ1v) is 5.52. The molecule has 1 heterocycles. The van der Waals surface area contributed by atoms with Gasteiger partial charge in [0.15, 0.2) is 11.5 Å². The second-order valence-corrected chi connectivity index (χ2v) is 3.92. The number of aromatic nitrogens is 1. The van der Waals surface area contributed by atoms with E-state index in [-0.39, 0.29) is 17.3 Å². The number of hydrogen-bond donors (Lipinski definition) is 2. The highest BCUT2D eigenvalue weighted by molar-refractivity contribution is 6.30. The molecular weight excluding hydrogens is 277 g/mol. The van der Waals surface area contributed by atoms with Crippen LogP contribution in [0.15, 0.2) is 28.8 Å². The van der Waals surface area contributed by atoms with Gasteiger partial charge in [-0.1, -0.05) is 16.8 Å². The number of nitrogens with two attached hydrogens (primary N) is 1. The van der Waals surface area contributed by atoms with Crippen LogP contribution in [0.4, 0.5) is 4.39 Å². The Hall–Kier alpha value is -2.12. The molecule has 8 heteroatoms. The number of ether oxygens (including phenoxy) is 1. The molecule has 0 spiro atoms. The summed E-state index contributed by atoms with van der Waals surface area (Å²) in [6.45, 7) is 0.0206. The minimum absolute atomic E-state index is 0.0206. The average molecular weight is 286 g/mol. The van der Waals surface area contributed by atoms with Gasteiger partial charge in [0.25, 0.3) is 5.91 Å². The number of rotatable bonds is 4. The van der Waals surface area contributed by atoms with Gasteiger partial charge in [0.1, 0.15) is 18.2 Å². The normalized spacial score (nSPS) is 10.3. The maximum atomic E-state index is 12.9. The van der Waals surface area contributed by atoms with E-state index in [1.165, 1.54) is 24.3 Å². The Morgan fingerprint density at radius 3 is 3.00 bits per heavy atom. The zero-order valence-electron chi connectivity index (χ0n) is 9.52. The summed E-state index contributed by atoms with van der Waals surface area (Å²) >= 11 is 5.60. The molecule has 1 aromatic carbocycles. The third kappa shape index (κ3) is 3.21. The molecule has 6 nitrogen and oxygen atoms in total. The summed E-state index contributed by atoms with van der Waals surface area (Å²) in [4.78, 5) is 11.1. The fourth-order valence-electron chi connectivity index (χ4n) is 1.28. The van der Waals surface area contributed by atoms with Crippen LogP contribution in [0.2, 0.25) is 5.02 Å². The number of hydrogen-bond acceptors (Lipinski definition) is 5. The summed E-state index contributed by atoms with van der Waals surface area (Å²) in [6.07, 6.45) is 0. The predicted molar refractivity (Wildman–Crippen MR) is 63.9 cm³/mol. The third-order valence-corrected chi connectivity index (χ3v) is 2.48. The third-order valence-electron chi connectivity index (χ3n) is 2.19. The molecule has 19 heavy (non-hydrogen) atoms. The van der Waals surface area contributed by atoms with Crippen LogP contribution in [-0.4, -0.2) is 11.1 Å². The second-order valence-electron chi connectivity index (χ2n) is 3.52. The summed E-state index contributed by atoms with van der Waals surface area (Å²) < 4.78 is 23.1. The first-order chi connectivity index (χ1) is 9.10. The Labute approximate surface area is 112 Å². The van der Waals surface area contributed by atoms with Crippen LogP contribution in [0.3, 0.4) is 0 Å². The molecule has 0 saturated carbocycles. The van der Waals surface area contributed by atoms with Gasteiger partial charge in [-0.05, 0) is 12.1 Å². The number of nitrogen functional groups attached to an aromatic ring is 1. The summed E-state index contributed by atoms with van der Waals surface area (Å²) in [5.74, 6) is 4.53. The van der Waals surface area contributed by atoms with Crippen molar-refractivity contribution >= 4 is 17.5 Å². The number of nitrogens with zero attached hydrogens (tertiary/aromatic N) is 1. The zero-order chi connectivity index (χ0) is 13.8. The van der Waals surface area contributed by atoms with Crippen molar-refractivity contribution in [3.05, 3.63) is 46.6 Å². The Kier molecular flexibility index (Phi) is 3.98. The molecule has 2 rings (SSSR count). The molecule has 0 fully saturated rings. The number of hydrazine groups is 1. The van der Waals surface area contributed by atoms with Crippen molar-refractivity contribution in [3.8, 4) is 5.75 Å². The minimum atomic E-state index is -0.570. The van der Waals surface area contributed by atoms with E-state index in [4.69, 9.17) is 26.7 Å². The van der Waals surface area contributed by atoms with Crippen molar-refractivity contribution in [2.45, 2.75) is 6.61 Å². The Morgan fingerprint density at radius 2 is 2.32 bits per heavy atom. The Morgan fingerprint density at radius 1 is 1.53 bits per heavy atom. The number of nitrogens with one attached hydrogen (secondary N) is 1. The lowest BCUT2D eigenvalue weighted by Crippen LogP contribution is -2.30. The number of carbonyl (C=O) groups excluding carboxylic acids is 1. The quantitative estimate of drug-likeness (QED) is 0.506. The van der Waals surface area contributed by atoms with Crippen molar-refractivity contribution in [3.63, 3.8) is 0 Å². The first kappa shape index (κ1) is 13.3. The van der Waals surface area contributed by atoms with Crippen LogP contribution in [0.1, 0.15) is 16.2 Å². The van der Waals surface area contributed by atoms with Crippen LogP contribution in [0.25, 0.3) is 0 Å². The molecular formula is C11H9ClFN3O3. The van der Waals surface area contributed by atoms with Crippen molar-refractivity contribution in [2.75, 3.05) is 0 Å². The minimum Gasteiger partial charge on any atom is -0.485 e. The molecule has 0 atom stereocenters. The molecule has 0 unspecified atom stereocenters. The highest BCUT2D eigenvalue weighted by atomic mass is 35.5. The number of halogens is 2. The number of carbonyl (C=O) groups is 1. The van der Waals surface area contributed by atoms with E-state index >= 15 is 0 Å². The van der Waals surface area contributed by atoms with E-state index in [2.05, 4.69) is 5.16 Å². The Balaban J connectivity index is 2.00. The van der Waals surface area contributed by atoms with Gasteiger partial charge in [0.2, 0.25) is 0 Å². The summed E-state index contributed by atoms with van der Waals surface area (Å²) in [5, 5.41) is 3.45. The van der Waals surface area contributed by atoms with Crippen molar-refractivity contribution in [1.82, 2.24) is 10.6 Å². The summed E-state index contributed by atoms with van der Waals surface area (Å²) in [7, 11) is 0. The lowest BCUT2D eigenvalue weighted by molar-refractivity contribution is 0.0944. The van der Waals surface area contributed by atoms with E-state index in [0.29, 0.717) is 11.5 Å². The lowest BCUT2D eigenvalue weighted by Gasteiger charge is -2.03. The second kappa shape index (κ2) is 5.68. The van der Waals surface area contributed by atoms with Gasteiger partial charge >= 0.3 is 0 Å². The number of amides is 1. The predicted octanol–water partition coefficient (Wildman–Crippen LogP) is 1.65. The smallest absolute Gasteiger partial charge is 0.287 e. The monoisotopic (exact) mass is 285 g/mol. The molecule has 0 radical (unpaired) electrons. The Bertz CT molecular complexity index is 603. The van der Waals surface area contributed by atoms with Crippen molar-refractivity contribution < 1.29 is 18.4 Å². The summed E-state index contributed by atoms with van der Waals surface area (Å²) in [6, 6.07) is 5.32. The molecule has 100 valence electrons. The highest BCUT2D eigenvalue weighted by Gasteiger charge is 2.11. The number of benzene rings is 1. The van der Waals surface area contributed by atoms with Gasteiger partial charge in [0, 0.05) is 12.1 Å². The standard InChI is InChI=1S/C11H9ClFN3O3/c12-8-3-6(1-2-9(8)13)18-5-7-4-10(16-19-7)11(17)15-14/h1-4H,5,14H2,(H,15,17). The molecule has 0 saturated heterocycles. The van der Waals surface area contributed by atoms with Gasteiger partial charge < -0.3 is 9.26 Å². The summed E-state index contributed by atoms with van der Waals surface area (Å²) in [5.41, 5.74) is 1.96. The van der Waals surface area contributed by atoms with Gasteiger partial charge in [-0.25, -0.2) is 10.2 Å². The average Bonchev–Trinajstić information content (AvgIpc) is 2.88. The van der Waals surface area contributed by atoms with Crippen molar-refractivity contribution in [1.29, 1.82) is 0 Å². The lowest BCUT2D eigenvalue weighted by atomic mass is 10.3. The van der Waals surface area contributed by atoms with Crippen LogP contribution in [0.5, 0.6) is 5.75 Å². The van der Waals surface area contributed by atoms with Crippen molar-refractivity contribution in [2.24, 2.45) is 5.84 Å². The molecule has 0 aliphatic carbocycles. The molecule has 2 aromatic rings. The zero-order valence-corrected chi connectivity index (χ0v) is 10.3. The van der Waals surface area contributed by atoms with Crippen LogP contribution >= 0.6 is 11.6 Å². The first-order valence-electron chi connectivity index (χ1n) is 5.14. The molecule has 0 aliphatic heterocycles. The molecule has 3 N–H and O–H groups in total. The van der Waals surface area contributed by atoms with E-state index in [0.717, 1.165) is 0 Å². The molecule has 0 aliphatic rings. The van der Waals surface area contributed by atoms with Gasteiger partial charge in [-0.15, -0.1) is 0 Å². The van der Waals surface area contributed by atoms with E-state index < -0.39 is 11.7 Å². The van der Waals surface area contributed by atoms with Gasteiger partial charge in [-0.3, -0.25) is 10.2 Å². The highest BCUT2D eigenvalue weighted by Crippen LogP contribution is 2.21. The topological polar surface area (TPSA) is 90.4 Å². The van der Waals surface area contributed by atoms with Crippen LogP contribution in [-0.2, 0) is 6.61 Å². The van der Waals surface area contributed by atoms with Crippen LogP contribution < -0.4 is 16.0 Å². The molecule has 1 amide bonds. The van der Waals surface area contributed by atoms with Crippen LogP contribution in [0, 0.1) is 5.82 Å². The van der Waals surface area contributed by atoms with E-state index in [9.17, 15) is 9.18 Å². The molecule has 1 aromatic heterocycles. The molecule has 0 bridgehead atoms. The maximum absolute atomic E-state index is 12.9. The van der Waals surface area contributed by atoms with E-state index in [1.54, 1.807) is 0 Å².